The minimum atomic E-state index is -0.155. The first-order chi connectivity index (χ1) is 13.8. The van der Waals surface area contributed by atoms with Crippen LogP contribution in [-0.2, 0) is 0 Å². The molecular formula is C23H24N4O. The number of para-hydroxylation sites is 1. The number of hydrogen-bond acceptors (Lipinski definition) is 4. The van der Waals surface area contributed by atoms with Crippen molar-refractivity contribution >= 4 is 28.8 Å². The third-order valence-corrected chi connectivity index (χ3v) is 4.91. The van der Waals surface area contributed by atoms with E-state index in [9.17, 15) is 4.79 Å². The van der Waals surface area contributed by atoms with Gasteiger partial charge in [-0.25, -0.2) is 4.98 Å². The van der Waals surface area contributed by atoms with Gasteiger partial charge in [-0.15, -0.1) is 0 Å². The lowest BCUT2D eigenvalue weighted by atomic mass is 10.1. The van der Waals surface area contributed by atoms with E-state index >= 15 is 0 Å². The lowest BCUT2D eigenvalue weighted by molar-refractivity contribution is 0.102. The van der Waals surface area contributed by atoms with Gasteiger partial charge in [0, 0.05) is 41.9 Å². The summed E-state index contributed by atoms with van der Waals surface area (Å²) in [7, 11) is 0. The van der Waals surface area contributed by atoms with Crippen molar-refractivity contribution in [2.75, 3.05) is 28.6 Å². The van der Waals surface area contributed by atoms with Gasteiger partial charge in [0.2, 0.25) is 0 Å². The topological polar surface area (TPSA) is 57.3 Å². The number of aromatic nitrogens is 1. The van der Waals surface area contributed by atoms with Crippen LogP contribution in [0.1, 0.15) is 29.6 Å². The van der Waals surface area contributed by atoms with Gasteiger partial charge in [-0.3, -0.25) is 4.79 Å². The Bertz CT molecular complexity index is 919. The van der Waals surface area contributed by atoms with E-state index in [1.165, 1.54) is 24.9 Å². The highest BCUT2D eigenvalue weighted by Gasteiger charge is 2.11. The fourth-order valence-electron chi connectivity index (χ4n) is 3.42. The van der Waals surface area contributed by atoms with E-state index in [0.29, 0.717) is 11.4 Å². The largest absolute Gasteiger partial charge is 0.372 e. The van der Waals surface area contributed by atoms with Gasteiger partial charge in [-0.05, 0) is 67.8 Å². The highest BCUT2D eigenvalue weighted by atomic mass is 16.1. The standard InChI is InChI=1S/C23H24N4O/c28-23(26-19-7-3-1-4-8-19)18-13-14-24-22(17-18)25-20-9-11-21(12-10-20)27-15-5-2-6-16-27/h1,3-4,7-14,17H,2,5-6,15-16H2,(H,24,25)(H,26,28). The summed E-state index contributed by atoms with van der Waals surface area (Å²) in [5.41, 5.74) is 3.54. The lowest BCUT2D eigenvalue weighted by Gasteiger charge is -2.28. The molecule has 0 radical (unpaired) electrons. The fraction of sp³-hybridized carbons (Fsp3) is 0.217. The molecule has 0 aliphatic carbocycles. The molecule has 1 fully saturated rings. The number of anilines is 4. The zero-order valence-corrected chi connectivity index (χ0v) is 15.8. The van der Waals surface area contributed by atoms with Gasteiger partial charge in [0.05, 0.1) is 0 Å². The summed E-state index contributed by atoms with van der Waals surface area (Å²) >= 11 is 0. The van der Waals surface area contributed by atoms with Crippen LogP contribution in [0.3, 0.4) is 0 Å². The second-order valence-electron chi connectivity index (χ2n) is 6.97. The number of nitrogens with one attached hydrogen (secondary N) is 2. The quantitative estimate of drug-likeness (QED) is 0.657. The average Bonchev–Trinajstić information content (AvgIpc) is 2.76. The van der Waals surface area contributed by atoms with E-state index in [2.05, 4.69) is 44.8 Å². The third-order valence-electron chi connectivity index (χ3n) is 4.91. The number of piperidine rings is 1. The number of pyridine rings is 1. The summed E-state index contributed by atoms with van der Waals surface area (Å²) in [5.74, 6) is 0.489. The molecule has 1 amide bonds. The Morgan fingerprint density at radius 3 is 2.36 bits per heavy atom. The first-order valence-corrected chi connectivity index (χ1v) is 9.72. The van der Waals surface area contributed by atoms with Crippen molar-refractivity contribution in [1.29, 1.82) is 0 Å². The maximum absolute atomic E-state index is 12.5. The van der Waals surface area contributed by atoms with Gasteiger partial charge >= 0.3 is 0 Å². The zero-order valence-electron chi connectivity index (χ0n) is 15.8. The van der Waals surface area contributed by atoms with Crippen LogP contribution in [-0.4, -0.2) is 24.0 Å². The van der Waals surface area contributed by atoms with Crippen LogP contribution < -0.4 is 15.5 Å². The van der Waals surface area contributed by atoms with Crippen LogP contribution in [0.25, 0.3) is 0 Å². The molecule has 142 valence electrons. The maximum Gasteiger partial charge on any atom is 0.255 e. The number of nitrogens with zero attached hydrogens (tertiary/aromatic N) is 2. The fourth-order valence-corrected chi connectivity index (χ4v) is 3.42. The molecule has 0 atom stereocenters. The molecule has 0 unspecified atom stereocenters. The molecule has 2 heterocycles. The number of benzene rings is 2. The molecule has 2 N–H and O–H groups in total. The monoisotopic (exact) mass is 372 g/mol. The van der Waals surface area contributed by atoms with Crippen molar-refractivity contribution in [2.24, 2.45) is 0 Å². The van der Waals surface area contributed by atoms with E-state index in [1.807, 2.05) is 30.3 Å². The SMILES string of the molecule is O=C(Nc1ccccc1)c1ccnc(Nc2ccc(N3CCCCC3)cc2)c1. The maximum atomic E-state index is 12.5. The molecule has 0 bridgehead atoms. The van der Waals surface area contributed by atoms with Crippen LogP contribution >= 0.6 is 0 Å². The second kappa shape index (κ2) is 8.57. The second-order valence-corrected chi connectivity index (χ2v) is 6.97. The predicted molar refractivity (Wildman–Crippen MR) is 114 cm³/mol. The van der Waals surface area contributed by atoms with Crippen molar-refractivity contribution in [3.8, 4) is 0 Å². The highest BCUT2D eigenvalue weighted by molar-refractivity contribution is 6.04. The Labute approximate surface area is 165 Å². The van der Waals surface area contributed by atoms with Crippen molar-refractivity contribution < 1.29 is 4.79 Å². The Balaban J connectivity index is 1.42. The Kier molecular flexibility index (Phi) is 5.52. The molecule has 0 spiro atoms. The van der Waals surface area contributed by atoms with Gasteiger partial charge in [0.1, 0.15) is 5.82 Å². The van der Waals surface area contributed by atoms with Crippen LogP contribution in [0.5, 0.6) is 0 Å². The molecule has 5 heteroatoms. The Morgan fingerprint density at radius 1 is 0.857 bits per heavy atom. The Hall–Kier alpha value is -3.34. The predicted octanol–water partition coefficient (Wildman–Crippen LogP) is 5.07. The Morgan fingerprint density at radius 2 is 1.61 bits per heavy atom. The normalized spacial score (nSPS) is 13.8. The van der Waals surface area contributed by atoms with E-state index < -0.39 is 0 Å². The summed E-state index contributed by atoms with van der Waals surface area (Å²) in [4.78, 5) is 19.2. The molecule has 5 nitrogen and oxygen atoms in total. The molecule has 1 saturated heterocycles. The first kappa shape index (κ1) is 18.0. The number of rotatable bonds is 5. The van der Waals surface area contributed by atoms with Gasteiger partial charge in [0.25, 0.3) is 5.91 Å². The first-order valence-electron chi connectivity index (χ1n) is 9.72. The number of amides is 1. The summed E-state index contributed by atoms with van der Waals surface area (Å²) in [6.07, 6.45) is 5.50. The summed E-state index contributed by atoms with van der Waals surface area (Å²) in [6, 6.07) is 21.3. The van der Waals surface area contributed by atoms with Gasteiger partial charge in [-0.2, -0.15) is 0 Å². The van der Waals surface area contributed by atoms with Crippen molar-refractivity contribution in [2.45, 2.75) is 19.3 Å². The number of hydrogen-bond donors (Lipinski definition) is 2. The molecule has 0 saturated carbocycles. The van der Waals surface area contributed by atoms with Crippen LogP contribution in [0.4, 0.5) is 22.9 Å². The minimum Gasteiger partial charge on any atom is -0.372 e. The lowest BCUT2D eigenvalue weighted by Crippen LogP contribution is -2.29. The molecule has 28 heavy (non-hydrogen) atoms. The summed E-state index contributed by atoms with van der Waals surface area (Å²) in [6.45, 7) is 2.26. The summed E-state index contributed by atoms with van der Waals surface area (Å²) < 4.78 is 0. The molecule has 3 aromatic rings. The van der Waals surface area contributed by atoms with Gasteiger partial charge < -0.3 is 15.5 Å². The van der Waals surface area contributed by atoms with Crippen molar-refractivity contribution in [1.82, 2.24) is 4.98 Å². The summed E-state index contributed by atoms with van der Waals surface area (Å²) in [5, 5.41) is 6.18. The molecular weight excluding hydrogens is 348 g/mol. The molecule has 2 aromatic carbocycles. The number of carbonyl (C=O) groups is 1. The van der Waals surface area contributed by atoms with E-state index in [1.54, 1.807) is 18.3 Å². The minimum absolute atomic E-state index is 0.155. The smallest absolute Gasteiger partial charge is 0.255 e. The van der Waals surface area contributed by atoms with Crippen LogP contribution in [0, 0.1) is 0 Å². The van der Waals surface area contributed by atoms with E-state index in [-0.39, 0.29) is 5.91 Å². The molecule has 4 rings (SSSR count). The average molecular weight is 372 g/mol. The van der Waals surface area contributed by atoms with Crippen molar-refractivity contribution in [3.63, 3.8) is 0 Å². The highest BCUT2D eigenvalue weighted by Crippen LogP contribution is 2.23. The van der Waals surface area contributed by atoms with Gasteiger partial charge in [-0.1, -0.05) is 18.2 Å². The van der Waals surface area contributed by atoms with Crippen LogP contribution in [0.15, 0.2) is 72.9 Å². The molecule has 1 aliphatic rings. The molecule has 1 aromatic heterocycles. The van der Waals surface area contributed by atoms with Crippen LogP contribution in [0.2, 0.25) is 0 Å². The van der Waals surface area contributed by atoms with E-state index in [0.717, 1.165) is 24.5 Å². The van der Waals surface area contributed by atoms with Gasteiger partial charge in [0.15, 0.2) is 0 Å². The third kappa shape index (κ3) is 4.49. The van der Waals surface area contributed by atoms with E-state index in [4.69, 9.17) is 0 Å². The molecule has 1 aliphatic heterocycles. The van der Waals surface area contributed by atoms with Crippen molar-refractivity contribution in [3.05, 3.63) is 78.5 Å². The zero-order chi connectivity index (χ0) is 19.2. The number of carbonyl (C=O) groups excluding carboxylic acids is 1.